The molecule has 0 aromatic heterocycles. The van der Waals surface area contributed by atoms with Crippen LogP contribution < -0.4 is 10.1 Å². The van der Waals surface area contributed by atoms with Gasteiger partial charge in [-0.15, -0.1) is 0 Å². The van der Waals surface area contributed by atoms with Gasteiger partial charge in [0.2, 0.25) is 0 Å². The minimum Gasteiger partial charge on any atom is -0.495 e. The molecule has 1 atom stereocenters. The normalized spacial score (nSPS) is 11.8. The highest BCUT2D eigenvalue weighted by Gasteiger charge is 2.16. The standard InChI is InChI=1S/C12H15BrClNO3/c1-7-4-10(11(17-2)5-9(7)14)15-6-8(13)12(16)18-3/h4-5,8,15H,6H2,1-3H3. The first-order chi connectivity index (χ1) is 8.49. The SMILES string of the molecule is COC(=O)C(Br)CNc1cc(C)c(Cl)cc1OC. The number of alkyl halides is 1. The minimum absolute atomic E-state index is 0.327. The molecule has 1 rings (SSSR count). The topological polar surface area (TPSA) is 47.6 Å². The van der Waals surface area contributed by atoms with Crippen molar-refractivity contribution in [2.75, 3.05) is 26.1 Å². The van der Waals surface area contributed by atoms with Gasteiger partial charge in [0.05, 0.1) is 19.9 Å². The molecule has 0 radical (unpaired) electrons. The van der Waals surface area contributed by atoms with Crippen LogP contribution in [0.5, 0.6) is 5.75 Å². The van der Waals surface area contributed by atoms with Gasteiger partial charge in [0, 0.05) is 17.6 Å². The summed E-state index contributed by atoms with van der Waals surface area (Å²) in [5.41, 5.74) is 1.72. The Kier molecular flexibility index (Phi) is 5.75. The number of esters is 1. The van der Waals surface area contributed by atoms with E-state index in [1.165, 1.54) is 7.11 Å². The quantitative estimate of drug-likeness (QED) is 0.663. The molecule has 4 nitrogen and oxygen atoms in total. The second-order valence-corrected chi connectivity index (χ2v) is 5.19. The summed E-state index contributed by atoms with van der Waals surface area (Å²) < 4.78 is 9.84. The van der Waals surface area contributed by atoms with Crippen LogP contribution >= 0.6 is 27.5 Å². The Bertz CT molecular complexity index is 440. The van der Waals surface area contributed by atoms with Crippen LogP contribution in [-0.4, -0.2) is 31.6 Å². The van der Waals surface area contributed by atoms with Gasteiger partial charge in [0.1, 0.15) is 10.6 Å². The summed E-state index contributed by atoms with van der Waals surface area (Å²) in [7, 11) is 2.92. The number of nitrogens with one attached hydrogen (secondary N) is 1. The van der Waals surface area contributed by atoms with Crippen LogP contribution in [0.1, 0.15) is 5.56 Å². The average molecular weight is 337 g/mol. The number of aryl methyl sites for hydroxylation is 1. The van der Waals surface area contributed by atoms with Crippen LogP contribution in [0.25, 0.3) is 0 Å². The molecule has 18 heavy (non-hydrogen) atoms. The number of anilines is 1. The summed E-state index contributed by atoms with van der Waals surface area (Å²) in [4.78, 5) is 10.8. The molecular weight excluding hydrogens is 321 g/mol. The predicted octanol–water partition coefficient (Wildman–Crippen LogP) is 3.01. The number of benzene rings is 1. The molecule has 0 bridgehead atoms. The molecule has 0 fully saturated rings. The number of rotatable bonds is 5. The van der Waals surface area contributed by atoms with E-state index in [0.29, 0.717) is 17.3 Å². The van der Waals surface area contributed by atoms with Gasteiger partial charge in [0.25, 0.3) is 0 Å². The number of methoxy groups -OCH3 is 2. The third-order valence-corrected chi connectivity index (χ3v) is 3.51. The van der Waals surface area contributed by atoms with Gasteiger partial charge >= 0.3 is 5.97 Å². The van der Waals surface area contributed by atoms with Crippen LogP contribution in [0.3, 0.4) is 0 Å². The van der Waals surface area contributed by atoms with Gasteiger partial charge in [-0.1, -0.05) is 27.5 Å². The number of hydrogen-bond donors (Lipinski definition) is 1. The number of carbonyl (C=O) groups excluding carboxylic acids is 1. The van der Waals surface area contributed by atoms with Crippen LogP contribution in [-0.2, 0) is 9.53 Å². The largest absolute Gasteiger partial charge is 0.495 e. The molecule has 1 N–H and O–H groups in total. The zero-order chi connectivity index (χ0) is 13.7. The lowest BCUT2D eigenvalue weighted by atomic mass is 10.2. The van der Waals surface area contributed by atoms with E-state index in [0.717, 1.165) is 11.3 Å². The maximum atomic E-state index is 11.2. The lowest BCUT2D eigenvalue weighted by molar-refractivity contribution is -0.139. The van der Waals surface area contributed by atoms with E-state index in [1.807, 2.05) is 13.0 Å². The molecule has 0 aliphatic heterocycles. The van der Waals surface area contributed by atoms with Crippen molar-refractivity contribution in [3.63, 3.8) is 0 Å². The van der Waals surface area contributed by atoms with E-state index in [1.54, 1.807) is 13.2 Å². The molecule has 1 unspecified atom stereocenters. The van der Waals surface area contributed by atoms with E-state index in [-0.39, 0.29) is 5.97 Å². The summed E-state index contributed by atoms with van der Waals surface area (Å²) in [6.45, 7) is 2.29. The van der Waals surface area contributed by atoms with Crippen molar-refractivity contribution >= 4 is 39.2 Å². The van der Waals surface area contributed by atoms with Crippen molar-refractivity contribution in [2.24, 2.45) is 0 Å². The smallest absolute Gasteiger partial charge is 0.321 e. The number of hydrogen-bond acceptors (Lipinski definition) is 4. The molecule has 100 valence electrons. The van der Waals surface area contributed by atoms with E-state index >= 15 is 0 Å². The fourth-order valence-corrected chi connectivity index (χ4v) is 1.88. The Morgan fingerprint density at radius 3 is 2.72 bits per heavy atom. The van der Waals surface area contributed by atoms with Gasteiger partial charge in [-0.05, 0) is 18.6 Å². The lowest BCUT2D eigenvalue weighted by Gasteiger charge is -2.14. The van der Waals surface area contributed by atoms with Crippen molar-refractivity contribution in [1.29, 1.82) is 0 Å². The molecule has 0 saturated carbocycles. The summed E-state index contributed by atoms with van der Waals surface area (Å²) in [5.74, 6) is 0.308. The van der Waals surface area contributed by atoms with Gasteiger partial charge in [0.15, 0.2) is 0 Å². The first kappa shape index (κ1) is 15.1. The van der Waals surface area contributed by atoms with Crippen LogP contribution in [0, 0.1) is 6.92 Å². The Hall–Kier alpha value is -0.940. The first-order valence-electron chi connectivity index (χ1n) is 5.29. The van der Waals surface area contributed by atoms with Gasteiger partial charge in [-0.2, -0.15) is 0 Å². The Morgan fingerprint density at radius 2 is 2.17 bits per heavy atom. The highest BCUT2D eigenvalue weighted by atomic mass is 79.9. The third kappa shape index (κ3) is 3.78. The van der Waals surface area contributed by atoms with Crippen LogP contribution in [0.15, 0.2) is 12.1 Å². The second kappa shape index (κ2) is 6.85. The van der Waals surface area contributed by atoms with Crippen molar-refractivity contribution < 1.29 is 14.3 Å². The fourth-order valence-electron chi connectivity index (χ4n) is 1.38. The zero-order valence-corrected chi connectivity index (χ0v) is 12.8. The lowest BCUT2D eigenvalue weighted by Crippen LogP contribution is -2.24. The van der Waals surface area contributed by atoms with Crippen molar-refractivity contribution in [2.45, 2.75) is 11.8 Å². The predicted molar refractivity (Wildman–Crippen MR) is 76.0 cm³/mol. The molecule has 0 aliphatic rings. The molecular formula is C12H15BrClNO3. The molecule has 1 aromatic carbocycles. The van der Waals surface area contributed by atoms with Crippen molar-refractivity contribution in [1.82, 2.24) is 0 Å². The Labute approximate surface area is 120 Å². The first-order valence-corrected chi connectivity index (χ1v) is 6.58. The molecule has 1 aromatic rings. The number of carbonyl (C=O) groups is 1. The second-order valence-electron chi connectivity index (χ2n) is 3.67. The maximum Gasteiger partial charge on any atom is 0.321 e. The summed E-state index contributed by atoms with van der Waals surface area (Å²) in [5, 5.41) is 3.76. The zero-order valence-electron chi connectivity index (χ0n) is 10.4. The van der Waals surface area contributed by atoms with E-state index in [4.69, 9.17) is 16.3 Å². The highest BCUT2D eigenvalue weighted by Crippen LogP contribution is 2.31. The molecule has 6 heteroatoms. The van der Waals surface area contributed by atoms with Crippen molar-refractivity contribution in [3.8, 4) is 5.75 Å². The fraction of sp³-hybridized carbons (Fsp3) is 0.417. The molecule has 0 spiro atoms. The van der Waals surface area contributed by atoms with Crippen LogP contribution in [0.2, 0.25) is 5.02 Å². The third-order valence-electron chi connectivity index (χ3n) is 2.41. The van der Waals surface area contributed by atoms with Crippen LogP contribution in [0.4, 0.5) is 5.69 Å². The monoisotopic (exact) mass is 335 g/mol. The van der Waals surface area contributed by atoms with Gasteiger partial charge in [-0.25, -0.2) is 0 Å². The van der Waals surface area contributed by atoms with E-state index in [2.05, 4.69) is 26.0 Å². The summed E-state index contributed by atoms with van der Waals surface area (Å²) in [6.07, 6.45) is 0. The highest BCUT2D eigenvalue weighted by molar-refractivity contribution is 9.10. The van der Waals surface area contributed by atoms with E-state index < -0.39 is 4.83 Å². The number of ether oxygens (including phenoxy) is 2. The molecule has 0 saturated heterocycles. The Balaban J connectivity index is 2.78. The minimum atomic E-state index is -0.414. The van der Waals surface area contributed by atoms with Crippen molar-refractivity contribution in [3.05, 3.63) is 22.7 Å². The average Bonchev–Trinajstić information content (AvgIpc) is 2.38. The van der Waals surface area contributed by atoms with E-state index in [9.17, 15) is 4.79 Å². The summed E-state index contributed by atoms with van der Waals surface area (Å²) in [6, 6.07) is 3.61. The molecule has 0 heterocycles. The molecule has 0 amide bonds. The Morgan fingerprint density at radius 1 is 1.50 bits per heavy atom. The van der Waals surface area contributed by atoms with Gasteiger partial charge < -0.3 is 14.8 Å². The maximum absolute atomic E-state index is 11.2. The van der Waals surface area contributed by atoms with Gasteiger partial charge in [-0.3, -0.25) is 4.79 Å². The number of halogens is 2. The molecule has 0 aliphatic carbocycles. The summed E-state index contributed by atoms with van der Waals surface area (Å²) >= 11 is 9.25.